The van der Waals surface area contributed by atoms with Crippen molar-refractivity contribution in [1.82, 2.24) is 34.6 Å². The maximum atomic E-state index is 14.7. The van der Waals surface area contributed by atoms with Crippen LogP contribution in [0.1, 0.15) is 47.4 Å². The first-order valence-electron chi connectivity index (χ1n) is 14.2. The van der Waals surface area contributed by atoms with Crippen molar-refractivity contribution in [3.63, 3.8) is 0 Å². The molecule has 3 N–H and O–H groups in total. The van der Waals surface area contributed by atoms with Crippen LogP contribution in [0.25, 0.3) is 11.3 Å². The molecule has 0 aliphatic carbocycles. The number of aromatic nitrogens is 6. The van der Waals surface area contributed by atoms with Crippen LogP contribution in [0.5, 0.6) is 0 Å². The number of nitrogens with one attached hydrogen (secondary N) is 1. The lowest BCUT2D eigenvalue weighted by molar-refractivity contribution is 0.0572. The van der Waals surface area contributed by atoms with Gasteiger partial charge in [-0.05, 0) is 19.4 Å². The number of likely N-dealkylation sites (tertiary alicyclic amines) is 1. The molecule has 2 fully saturated rings. The Labute approximate surface area is 260 Å². The van der Waals surface area contributed by atoms with E-state index in [1.54, 1.807) is 23.3 Å². The summed E-state index contributed by atoms with van der Waals surface area (Å²) in [5.41, 5.74) is -0.518. The van der Waals surface area contributed by atoms with E-state index in [1.807, 2.05) is 11.8 Å². The highest BCUT2D eigenvalue weighted by atomic mass is 35.5. The van der Waals surface area contributed by atoms with Crippen molar-refractivity contribution in [2.45, 2.75) is 44.1 Å². The van der Waals surface area contributed by atoms with E-state index in [4.69, 9.17) is 11.6 Å². The summed E-state index contributed by atoms with van der Waals surface area (Å²) in [7, 11) is 0. The number of benzene rings is 1. The van der Waals surface area contributed by atoms with Gasteiger partial charge in [0.25, 0.3) is 12.3 Å². The minimum Gasteiger partial charge on any atom is -0.389 e. The van der Waals surface area contributed by atoms with E-state index in [9.17, 15) is 28.2 Å². The minimum atomic E-state index is -3.00. The Morgan fingerprint density at radius 1 is 1.11 bits per heavy atom. The van der Waals surface area contributed by atoms with Crippen molar-refractivity contribution in [2.75, 3.05) is 36.4 Å². The SMILES string of the molecule is CC(c1cnc(N2CC[C@H]2CN2C[C@@H](O)[C@H](O)C2)nc1)n1cc(NC(=O)c2cncc(-c3c(C(F)F)ccc(Cl)c3F)n2)cn1. The van der Waals surface area contributed by atoms with Gasteiger partial charge in [0.1, 0.15) is 5.69 Å². The van der Waals surface area contributed by atoms with Crippen LogP contribution in [-0.2, 0) is 0 Å². The Bertz CT molecular complexity index is 1680. The fourth-order valence-electron chi connectivity index (χ4n) is 5.45. The first kappa shape index (κ1) is 30.8. The van der Waals surface area contributed by atoms with E-state index in [1.165, 1.54) is 6.20 Å². The molecule has 1 unspecified atom stereocenters. The molecular formula is C29H29ClF3N9O3. The predicted molar refractivity (Wildman–Crippen MR) is 158 cm³/mol. The highest BCUT2D eigenvalue weighted by Crippen LogP contribution is 2.35. The number of rotatable bonds is 9. The minimum absolute atomic E-state index is 0.198. The van der Waals surface area contributed by atoms with Gasteiger partial charge in [-0.1, -0.05) is 17.7 Å². The zero-order valence-electron chi connectivity index (χ0n) is 23.9. The largest absolute Gasteiger partial charge is 0.389 e. The fourth-order valence-corrected chi connectivity index (χ4v) is 5.61. The molecule has 236 valence electrons. The fraction of sp³-hybridized carbons (Fsp3) is 0.379. The number of nitrogens with zero attached hydrogens (tertiary/aromatic N) is 8. The average Bonchev–Trinajstić information content (AvgIpc) is 3.61. The van der Waals surface area contributed by atoms with Gasteiger partial charge in [-0.2, -0.15) is 5.10 Å². The summed E-state index contributed by atoms with van der Waals surface area (Å²) in [6.45, 7) is 4.31. The molecule has 4 atom stereocenters. The molecule has 12 nitrogen and oxygen atoms in total. The molecule has 16 heteroatoms. The third kappa shape index (κ3) is 6.33. The molecule has 2 saturated heterocycles. The number of hydrogen-bond donors (Lipinski definition) is 3. The van der Waals surface area contributed by atoms with E-state index in [-0.39, 0.29) is 28.5 Å². The zero-order chi connectivity index (χ0) is 31.8. The third-order valence-corrected chi connectivity index (χ3v) is 8.38. The van der Waals surface area contributed by atoms with Crippen molar-refractivity contribution in [1.29, 1.82) is 0 Å². The molecule has 0 saturated carbocycles. The summed E-state index contributed by atoms with van der Waals surface area (Å²) in [5, 5.41) is 26.2. The van der Waals surface area contributed by atoms with Crippen LogP contribution in [0, 0.1) is 5.82 Å². The number of halogens is 4. The monoisotopic (exact) mass is 643 g/mol. The highest BCUT2D eigenvalue weighted by Gasteiger charge is 2.36. The number of anilines is 2. The predicted octanol–water partition coefficient (Wildman–Crippen LogP) is 3.34. The van der Waals surface area contributed by atoms with Crippen LogP contribution < -0.4 is 10.2 Å². The van der Waals surface area contributed by atoms with Crippen molar-refractivity contribution in [3.05, 3.63) is 77.0 Å². The lowest BCUT2D eigenvalue weighted by atomic mass is 10.0. The molecule has 5 heterocycles. The number of carbonyl (C=O) groups excluding carboxylic acids is 1. The number of amides is 1. The Morgan fingerprint density at radius 2 is 1.84 bits per heavy atom. The van der Waals surface area contributed by atoms with Crippen molar-refractivity contribution in [3.8, 4) is 11.3 Å². The van der Waals surface area contributed by atoms with Gasteiger partial charge in [0, 0.05) is 67.5 Å². The molecule has 1 aromatic carbocycles. The van der Waals surface area contributed by atoms with E-state index < -0.39 is 41.5 Å². The van der Waals surface area contributed by atoms with Crippen molar-refractivity contribution in [2.24, 2.45) is 0 Å². The number of aliphatic hydroxyl groups excluding tert-OH is 2. The number of alkyl halides is 2. The van der Waals surface area contributed by atoms with E-state index in [0.717, 1.165) is 43.1 Å². The second-order valence-corrected chi connectivity index (χ2v) is 11.5. The molecule has 1 amide bonds. The molecule has 4 aromatic rings. The first-order chi connectivity index (χ1) is 21.6. The van der Waals surface area contributed by atoms with Gasteiger partial charge < -0.3 is 20.4 Å². The lowest BCUT2D eigenvalue weighted by Gasteiger charge is -2.42. The van der Waals surface area contributed by atoms with E-state index >= 15 is 0 Å². The lowest BCUT2D eigenvalue weighted by Crippen LogP contribution is -2.54. The van der Waals surface area contributed by atoms with Crippen LogP contribution in [0.15, 0.2) is 49.3 Å². The Balaban J connectivity index is 1.10. The Kier molecular flexibility index (Phi) is 8.68. The molecule has 0 bridgehead atoms. The Hall–Kier alpha value is -4.18. The summed E-state index contributed by atoms with van der Waals surface area (Å²) in [5.74, 6) is -1.19. The number of carbonyl (C=O) groups is 1. The number of aliphatic hydroxyl groups is 2. The van der Waals surface area contributed by atoms with Gasteiger partial charge in [-0.15, -0.1) is 0 Å². The van der Waals surface area contributed by atoms with E-state index in [2.05, 4.69) is 35.3 Å². The molecule has 0 radical (unpaired) electrons. The van der Waals surface area contributed by atoms with Gasteiger partial charge in [-0.3, -0.25) is 19.4 Å². The van der Waals surface area contributed by atoms with Crippen LogP contribution in [-0.4, -0.2) is 95.2 Å². The summed E-state index contributed by atoms with van der Waals surface area (Å²) >= 11 is 5.81. The molecule has 6 rings (SSSR count). The summed E-state index contributed by atoms with van der Waals surface area (Å²) < 4.78 is 43.5. The van der Waals surface area contributed by atoms with Gasteiger partial charge in [-0.25, -0.2) is 28.1 Å². The van der Waals surface area contributed by atoms with Crippen LogP contribution >= 0.6 is 11.6 Å². The smallest absolute Gasteiger partial charge is 0.275 e. The maximum absolute atomic E-state index is 14.7. The second-order valence-electron chi connectivity index (χ2n) is 11.1. The molecule has 45 heavy (non-hydrogen) atoms. The van der Waals surface area contributed by atoms with Gasteiger partial charge >= 0.3 is 0 Å². The van der Waals surface area contributed by atoms with Gasteiger partial charge in [0.2, 0.25) is 5.95 Å². The second kappa shape index (κ2) is 12.7. The Morgan fingerprint density at radius 3 is 2.51 bits per heavy atom. The molecule has 0 spiro atoms. The first-order valence-corrected chi connectivity index (χ1v) is 14.6. The van der Waals surface area contributed by atoms with Gasteiger partial charge in [0.05, 0.1) is 53.2 Å². The molecule has 2 aliphatic rings. The topological polar surface area (TPSA) is 145 Å². The molecule has 2 aliphatic heterocycles. The normalized spacial score (nSPS) is 20.8. The summed E-state index contributed by atoms with van der Waals surface area (Å²) in [6, 6.07) is 1.95. The molecular weight excluding hydrogens is 615 g/mol. The van der Waals surface area contributed by atoms with Gasteiger partial charge in [0.15, 0.2) is 5.82 Å². The van der Waals surface area contributed by atoms with Crippen molar-refractivity contribution >= 4 is 29.1 Å². The summed E-state index contributed by atoms with van der Waals surface area (Å²) in [6.07, 6.45) is 5.21. The third-order valence-electron chi connectivity index (χ3n) is 8.09. The van der Waals surface area contributed by atoms with Crippen molar-refractivity contribution < 1.29 is 28.2 Å². The van der Waals surface area contributed by atoms with E-state index in [0.29, 0.717) is 31.3 Å². The van der Waals surface area contributed by atoms with Crippen LogP contribution in [0.4, 0.5) is 24.8 Å². The zero-order valence-corrected chi connectivity index (χ0v) is 24.7. The highest BCUT2D eigenvalue weighted by molar-refractivity contribution is 6.31. The average molecular weight is 644 g/mol. The quantitative estimate of drug-likeness (QED) is 0.248. The maximum Gasteiger partial charge on any atom is 0.275 e. The number of β-amino-alcohol motifs (C(OH)–C–C–N with tert-alkyl or cyclic N) is 2. The number of hydrogen-bond acceptors (Lipinski definition) is 10. The molecule has 3 aromatic heterocycles. The van der Waals surface area contributed by atoms with Crippen LogP contribution in [0.2, 0.25) is 5.02 Å². The standard InChI is InChI=1S/C29H29ClF3N9O3/c1-15(16-6-35-29(36-7-16)41-5-4-18(41)12-40-13-23(43)24(44)14-40)42-11-17(8-37-42)38-28(45)22-10-34-9-21(39-22)25-19(27(32)33)2-3-20(30)26(25)31/h2-3,6-11,15,18,23-24,27,43-44H,4-5,12-14H2,1H3,(H,38,45)/t15?,18-,23+,24+/m0/s1. The summed E-state index contributed by atoms with van der Waals surface area (Å²) in [4.78, 5) is 34.2. The van der Waals surface area contributed by atoms with Crippen LogP contribution in [0.3, 0.4) is 0 Å².